The number of hydrogen-bond donors (Lipinski definition) is 1. The van der Waals surface area contributed by atoms with E-state index in [9.17, 15) is 19.1 Å². The molecule has 0 aliphatic carbocycles. The SMILES string of the molecule is CCCOc1ccc([C@@H]2/C(=C(\O)c3ccc4c(c3)C[C@H](C)O4)C(=O)C(=O)N2c2nc3ccc(F)cc3s2)cc1OCC. The Kier molecular flexibility index (Phi) is 7.32. The Morgan fingerprint density at radius 1 is 1.10 bits per heavy atom. The van der Waals surface area contributed by atoms with Crippen molar-refractivity contribution in [2.75, 3.05) is 18.1 Å². The molecule has 0 saturated carbocycles. The summed E-state index contributed by atoms with van der Waals surface area (Å²) in [5.41, 5.74) is 2.23. The number of hydrogen-bond acceptors (Lipinski definition) is 8. The van der Waals surface area contributed by atoms with Crippen molar-refractivity contribution >= 4 is 44.1 Å². The maximum atomic E-state index is 14.0. The molecular weight excluding hydrogens is 559 g/mol. The van der Waals surface area contributed by atoms with Crippen molar-refractivity contribution in [1.29, 1.82) is 0 Å². The summed E-state index contributed by atoms with van der Waals surface area (Å²) >= 11 is 1.09. The largest absolute Gasteiger partial charge is 0.507 e. The van der Waals surface area contributed by atoms with E-state index in [0.717, 1.165) is 29.1 Å². The van der Waals surface area contributed by atoms with Crippen molar-refractivity contribution in [1.82, 2.24) is 4.98 Å². The van der Waals surface area contributed by atoms with Gasteiger partial charge in [-0.2, -0.15) is 0 Å². The lowest BCUT2D eigenvalue weighted by atomic mass is 9.94. The zero-order chi connectivity index (χ0) is 29.5. The first kappa shape index (κ1) is 27.7. The van der Waals surface area contributed by atoms with Gasteiger partial charge in [0.05, 0.1) is 35.0 Å². The van der Waals surface area contributed by atoms with Crippen LogP contribution in [0.4, 0.5) is 9.52 Å². The molecule has 216 valence electrons. The van der Waals surface area contributed by atoms with Crippen molar-refractivity contribution in [3.8, 4) is 17.2 Å². The van der Waals surface area contributed by atoms with Crippen LogP contribution in [0.25, 0.3) is 16.0 Å². The van der Waals surface area contributed by atoms with Crippen LogP contribution < -0.4 is 19.1 Å². The van der Waals surface area contributed by atoms with Gasteiger partial charge in [-0.15, -0.1) is 0 Å². The van der Waals surface area contributed by atoms with Gasteiger partial charge in [0, 0.05) is 12.0 Å². The Morgan fingerprint density at radius 3 is 2.71 bits per heavy atom. The van der Waals surface area contributed by atoms with E-state index >= 15 is 0 Å². The topological polar surface area (TPSA) is 98.2 Å². The quantitative estimate of drug-likeness (QED) is 0.141. The first-order chi connectivity index (χ1) is 20.3. The highest BCUT2D eigenvalue weighted by Crippen LogP contribution is 2.46. The monoisotopic (exact) mass is 588 g/mol. The van der Waals surface area contributed by atoms with Gasteiger partial charge in [0.2, 0.25) is 0 Å². The van der Waals surface area contributed by atoms with Crippen LogP contribution in [0.1, 0.15) is 49.9 Å². The normalized spacial score (nSPS) is 19.3. The predicted molar refractivity (Wildman–Crippen MR) is 158 cm³/mol. The minimum absolute atomic E-state index is 0.00252. The van der Waals surface area contributed by atoms with Gasteiger partial charge in [-0.05, 0) is 79.9 Å². The van der Waals surface area contributed by atoms with Crippen LogP contribution in [0.15, 0.2) is 60.2 Å². The summed E-state index contributed by atoms with van der Waals surface area (Å²) < 4.78 is 32.0. The number of carbonyl (C=O) groups is 2. The number of fused-ring (bicyclic) bond motifs is 2. The number of aliphatic hydroxyl groups excluding tert-OH is 1. The maximum absolute atomic E-state index is 14.0. The van der Waals surface area contributed by atoms with E-state index in [1.54, 1.807) is 36.4 Å². The number of carbonyl (C=O) groups excluding carboxylic acids is 2. The van der Waals surface area contributed by atoms with Crippen molar-refractivity contribution in [3.05, 3.63) is 82.7 Å². The molecule has 1 fully saturated rings. The van der Waals surface area contributed by atoms with Crippen molar-refractivity contribution < 1.29 is 33.3 Å². The lowest BCUT2D eigenvalue weighted by Gasteiger charge is -2.24. The van der Waals surface area contributed by atoms with Crippen molar-refractivity contribution in [2.24, 2.45) is 0 Å². The third-order valence-corrected chi connectivity index (χ3v) is 8.22. The second-order valence-electron chi connectivity index (χ2n) is 10.2. The molecule has 2 atom stereocenters. The lowest BCUT2D eigenvalue weighted by molar-refractivity contribution is -0.132. The molecule has 0 spiro atoms. The number of nitrogens with zero attached hydrogens (tertiary/aromatic N) is 2. The van der Waals surface area contributed by atoms with Crippen LogP contribution in [0.3, 0.4) is 0 Å². The zero-order valence-electron chi connectivity index (χ0n) is 23.3. The highest BCUT2D eigenvalue weighted by molar-refractivity contribution is 7.22. The molecular formula is C32H29FN2O6S. The van der Waals surface area contributed by atoms with Crippen LogP contribution in [0.5, 0.6) is 17.2 Å². The van der Waals surface area contributed by atoms with Crippen LogP contribution >= 0.6 is 11.3 Å². The first-order valence-electron chi connectivity index (χ1n) is 13.9. The zero-order valence-corrected chi connectivity index (χ0v) is 24.2. The van der Waals surface area contributed by atoms with Gasteiger partial charge in [-0.25, -0.2) is 9.37 Å². The Bertz CT molecular complexity index is 1750. The minimum atomic E-state index is -1.03. The highest BCUT2D eigenvalue weighted by atomic mass is 32.1. The second kappa shape index (κ2) is 11.1. The van der Waals surface area contributed by atoms with Gasteiger partial charge >= 0.3 is 5.91 Å². The molecule has 42 heavy (non-hydrogen) atoms. The fourth-order valence-corrected chi connectivity index (χ4v) is 6.37. The van der Waals surface area contributed by atoms with Crippen LogP contribution in [0, 0.1) is 5.82 Å². The fourth-order valence-electron chi connectivity index (χ4n) is 5.35. The average molecular weight is 589 g/mol. The highest BCUT2D eigenvalue weighted by Gasteiger charge is 2.48. The number of thiazole rings is 1. The number of ether oxygens (including phenoxy) is 3. The molecule has 1 aromatic heterocycles. The number of ketones is 1. The van der Waals surface area contributed by atoms with Gasteiger partial charge in [0.1, 0.15) is 23.4 Å². The number of halogens is 1. The number of amides is 1. The summed E-state index contributed by atoms with van der Waals surface area (Å²) in [5, 5.41) is 11.8. The van der Waals surface area contributed by atoms with E-state index in [0.29, 0.717) is 52.5 Å². The van der Waals surface area contributed by atoms with Crippen LogP contribution in [-0.2, 0) is 16.0 Å². The van der Waals surface area contributed by atoms with Gasteiger partial charge < -0.3 is 19.3 Å². The van der Waals surface area contributed by atoms with Crippen molar-refractivity contribution in [3.63, 3.8) is 0 Å². The molecule has 1 amide bonds. The number of anilines is 1. The molecule has 4 aromatic rings. The summed E-state index contributed by atoms with van der Waals surface area (Å²) in [5.74, 6) is -0.732. The maximum Gasteiger partial charge on any atom is 0.301 e. The summed E-state index contributed by atoms with van der Waals surface area (Å²) in [6.07, 6.45) is 1.46. The lowest BCUT2D eigenvalue weighted by Crippen LogP contribution is -2.29. The summed E-state index contributed by atoms with van der Waals surface area (Å²) in [4.78, 5) is 33.2. The Balaban J connectivity index is 1.53. The summed E-state index contributed by atoms with van der Waals surface area (Å²) in [7, 11) is 0. The second-order valence-corrected chi connectivity index (χ2v) is 11.2. The Labute approximate surface area is 246 Å². The molecule has 1 N–H and O–H groups in total. The number of benzene rings is 3. The molecule has 1 saturated heterocycles. The summed E-state index contributed by atoms with van der Waals surface area (Å²) in [6.45, 7) is 6.66. The number of Topliss-reactive ketones (excluding diaryl/α,β-unsaturated/α-hetero) is 1. The van der Waals surface area contributed by atoms with Gasteiger partial charge in [-0.3, -0.25) is 14.5 Å². The predicted octanol–water partition coefficient (Wildman–Crippen LogP) is 6.57. The third-order valence-electron chi connectivity index (χ3n) is 7.20. The van der Waals surface area contributed by atoms with E-state index < -0.39 is 23.5 Å². The first-order valence-corrected chi connectivity index (χ1v) is 14.7. The Hall–Kier alpha value is -4.44. The fraction of sp³-hybridized carbons (Fsp3) is 0.281. The van der Waals surface area contributed by atoms with E-state index in [4.69, 9.17) is 14.2 Å². The molecule has 10 heteroatoms. The third kappa shape index (κ3) is 4.85. The number of aliphatic hydroxyl groups is 1. The standard InChI is InChI=1S/C32H29FN2O6S/c1-4-12-40-24-11-6-18(15-25(24)39-5-2)28-27(29(36)19-7-10-23-20(14-19)13-17(3)41-23)30(37)31(38)35(28)32-34-22-9-8-21(33)16-26(22)42-32/h6-11,14-17,28,36H,4-5,12-13H2,1-3H3/b29-27+/t17-,28+/m0/s1. The van der Waals surface area contributed by atoms with E-state index in [-0.39, 0.29) is 22.6 Å². The Morgan fingerprint density at radius 2 is 1.93 bits per heavy atom. The number of aromatic nitrogens is 1. The van der Waals surface area contributed by atoms with E-state index in [2.05, 4.69) is 4.98 Å². The van der Waals surface area contributed by atoms with Crippen molar-refractivity contribution in [2.45, 2.75) is 45.8 Å². The molecule has 2 aliphatic rings. The van der Waals surface area contributed by atoms with Crippen LogP contribution in [0.2, 0.25) is 0 Å². The van der Waals surface area contributed by atoms with E-state index in [1.165, 1.54) is 23.1 Å². The number of rotatable bonds is 8. The molecule has 3 heterocycles. The molecule has 0 bridgehead atoms. The van der Waals surface area contributed by atoms with Gasteiger partial charge in [-0.1, -0.05) is 24.3 Å². The molecule has 6 rings (SSSR count). The molecule has 2 aliphatic heterocycles. The van der Waals surface area contributed by atoms with E-state index in [1.807, 2.05) is 20.8 Å². The minimum Gasteiger partial charge on any atom is -0.507 e. The van der Waals surface area contributed by atoms with Gasteiger partial charge in [0.25, 0.3) is 5.78 Å². The smallest absolute Gasteiger partial charge is 0.301 e. The molecule has 0 radical (unpaired) electrons. The van der Waals surface area contributed by atoms with Crippen LogP contribution in [-0.4, -0.2) is 41.1 Å². The molecule has 0 unspecified atom stereocenters. The summed E-state index contributed by atoms with van der Waals surface area (Å²) in [6, 6.07) is 13.5. The van der Waals surface area contributed by atoms with Gasteiger partial charge in [0.15, 0.2) is 16.6 Å². The average Bonchev–Trinajstić information content (AvgIpc) is 3.63. The molecule has 3 aromatic carbocycles. The molecule has 8 nitrogen and oxygen atoms in total.